The number of benzene rings is 2. The van der Waals surface area contributed by atoms with Gasteiger partial charge in [-0.3, -0.25) is 4.90 Å². The molecule has 0 unspecified atom stereocenters. The highest BCUT2D eigenvalue weighted by Crippen LogP contribution is 2.45. The van der Waals surface area contributed by atoms with Crippen molar-refractivity contribution in [3.63, 3.8) is 0 Å². The molecule has 36 heavy (non-hydrogen) atoms. The lowest BCUT2D eigenvalue weighted by molar-refractivity contribution is -0.137. The van der Waals surface area contributed by atoms with Crippen LogP contribution in [-0.2, 0) is 17.6 Å². The Hall–Kier alpha value is -2.82. The second-order valence-electron chi connectivity index (χ2n) is 9.32. The van der Waals surface area contributed by atoms with E-state index in [0.717, 1.165) is 74.3 Å². The number of fused-ring (bicyclic) bond motifs is 2. The van der Waals surface area contributed by atoms with Crippen LogP contribution < -0.4 is 9.64 Å². The predicted octanol–water partition coefficient (Wildman–Crippen LogP) is 3.86. The van der Waals surface area contributed by atoms with Crippen LogP contribution in [0.4, 0.5) is 24.5 Å². The van der Waals surface area contributed by atoms with Crippen molar-refractivity contribution in [3.8, 4) is 5.75 Å². The van der Waals surface area contributed by atoms with E-state index >= 15 is 0 Å². The van der Waals surface area contributed by atoms with Crippen molar-refractivity contribution in [1.29, 1.82) is 0 Å². The van der Waals surface area contributed by atoms with Crippen LogP contribution in [0.1, 0.15) is 29.5 Å². The van der Waals surface area contributed by atoms with Gasteiger partial charge in [-0.2, -0.15) is 13.2 Å². The van der Waals surface area contributed by atoms with E-state index in [0.29, 0.717) is 31.0 Å². The largest absolute Gasteiger partial charge is 0.487 e. The molecule has 1 N–H and O–H groups in total. The number of ether oxygens (including phenoxy) is 1. The van der Waals surface area contributed by atoms with Gasteiger partial charge in [0.05, 0.1) is 29.3 Å². The van der Waals surface area contributed by atoms with Crippen LogP contribution in [0.2, 0.25) is 0 Å². The van der Waals surface area contributed by atoms with Crippen molar-refractivity contribution in [2.24, 2.45) is 5.16 Å². The maximum absolute atomic E-state index is 13.4. The van der Waals surface area contributed by atoms with E-state index in [-0.39, 0.29) is 13.2 Å². The molecule has 3 aliphatic heterocycles. The fraction of sp³-hybridized carbons (Fsp3) is 0.500. The fourth-order valence-electron chi connectivity index (χ4n) is 5.10. The average Bonchev–Trinajstić information content (AvgIpc) is 3.03. The number of rotatable bonds is 7. The van der Waals surface area contributed by atoms with E-state index < -0.39 is 11.7 Å². The van der Waals surface area contributed by atoms with Crippen LogP contribution >= 0.6 is 0 Å². The normalized spacial score (nSPS) is 19.4. The van der Waals surface area contributed by atoms with E-state index in [9.17, 15) is 13.2 Å². The number of nitrogens with zero attached hydrogens (tertiary/aromatic N) is 4. The van der Waals surface area contributed by atoms with Crippen molar-refractivity contribution in [2.75, 3.05) is 63.9 Å². The number of hydrogen-bond donors (Lipinski definition) is 1. The minimum absolute atomic E-state index is 0.199. The van der Waals surface area contributed by atoms with Gasteiger partial charge < -0.3 is 24.5 Å². The van der Waals surface area contributed by atoms with Crippen LogP contribution in [0, 0.1) is 0 Å². The summed E-state index contributed by atoms with van der Waals surface area (Å²) in [6.45, 7) is 7.04. The summed E-state index contributed by atoms with van der Waals surface area (Å²) in [6.07, 6.45) is -3.01. The topological polar surface area (TPSA) is 60.8 Å². The third kappa shape index (κ3) is 5.30. The zero-order chi connectivity index (χ0) is 25.1. The van der Waals surface area contributed by atoms with Crippen LogP contribution in [0.15, 0.2) is 41.6 Å². The van der Waals surface area contributed by atoms with Crippen LogP contribution in [0.25, 0.3) is 0 Å². The number of oxime groups is 1. The number of hydrogen-bond acceptors (Lipinski definition) is 7. The van der Waals surface area contributed by atoms with Gasteiger partial charge in [0, 0.05) is 63.4 Å². The van der Waals surface area contributed by atoms with Crippen molar-refractivity contribution in [2.45, 2.75) is 25.6 Å². The summed E-state index contributed by atoms with van der Waals surface area (Å²) < 4.78 is 46.1. The SMILES string of the molecule is OCCN1CCN(CCCO/N=C2/CCN3c4cc(C(F)(F)F)ccc4OCc4cccc2c43)CC1. The Morgan fingerprint density at radius 2 is 1.78 bits per heavy atom. The Morgan fingerprint density at radius 3 is 2.53 bits per heavy atom. The quantitative estimate of drug-likeness (QED) is 0.457. The summed E-state index contributed by atoms with van der Waals surface area (Å²) in [5.74, 6) is 0.444. The molecular weight excluding hydrogens is 473 g/mol. The van der Waals surface area contributed by atoms with Gasteiger partial charge in [0.25, 0.3) is 0 Å². The molecular formula is C26H31F3N4O3. The summed E-state index contributed by atoms with van der Waals surface area (Å²) in [7, 11) is 0. The molecule has 10 heteroatoms. The highest BCUT2D eigenvalue weighted by molar-refractivity contribution is 6.08. The molecule has 1 saturated heterocycles. The number of aliphatic hydroxyl groups is 1. The Kier molecular flexibility index (Phi) is 7.36. The van der Waals surface area contributed by atoms with Gasteiger partial charge in [0.1, 0.15) is 19.0 Å². The van der Waals surface area contributed by atoms with Crippen LogP contribution in [-0.4, -0.2) is 79.6 Å². The number of para-hydroxylation sites is 1. The van der Waals surface area contributed by atoms with Gasteiger partial charge in [-0.25, -0.2) is 0 Å². The third-order valence-corrected chi connectivity index (χ3v) is 7.00. The Morgan fingerprint density at radius 1 is 1.00 bits per heavy atom. The molecule has 3 aliphatic rings. The maximum atomic E-state index is 13.4. The van der Waals surface area contributed by atoms with E-state index in [1.165, 1.54) is 12.1 Å². The fourth-order valence-corrected chi connectivity index (χ4v) is 5.10. The molecule has 0 bridgehead atoms. The lowest BCUT2D eigenvalue weighted by atomic mass is 9.95. The molecule has 194 valence electrons. The molecule has 0 spiro atoms. The lowest BCUT2D eigenvalue weighted by Gasteiger charge is -2.34. The van der Waals surface area contributed by atoms with E-state index in [1.54, 1.807) is 0 Å². The van der Waals surface area contributed by atoms with Crippen LogP contribution in [0.5, 0.6) is 5.75 Å². The average molecular weight is 505 g/mol. The smallest absolute Gasteiger partial charge is 0.416 e. The maximum Gasteiger partial charge on any atom is 0.416 e. The summed E-state index contributed by atoms with van der Waals surface area (Å²) in [6, 6.07) is 9.44. The third-order valence-electron chi connectivity index (χ3n) is 7.00. The highest BCUT2D eigenvalue weighted by atomic mass is 19.4. The molecule has 0 aromatic heterocycles. The standard InChI is InChI=1S/C26H31F3N4O3/c27-26(28,29)20-5-6-24-23(17-20)33-9-7-22(21-4-1-3-19(18-35-24)25(21)33)30-36-16-2-8-31-10-12-32(13-11-31)14-15-34/h1,3-6,17,34H,2,7-16,18H2/b30-22-. The zero-order valence-corrected chi connectivity index (χ0v) is 20.1. The van der Waals surface area contributed by atoms with E-state index in [4.69, 9.17) is 14.7 Å². The minimum atomic E-state index is -4.42. The summed E-state index contributed by atoms with van der Waals surface area (Å²) in [5, 5.41) is 13.5. The first-order valence-corrected chi connectivity index (χ1v) is 12.4. The lowest BCUT2D eigenvalue weighted by Crippen LogP contribution is -2.47. The first kappa shape index (κ1) is 24.9. The molecule has 2 aromatic carbocycles. The van der Waals surface area contributed by atoms with Gasteiger partial charge in [-0.1, -0.05) is 23.4 Å². The van der Waals surface area contributed by atoms with E-state index in [2.05, 4.69) is 15.0 Å². The van der Waals surface area contributed by atoms with Gasteiger partial charge >= 0.3 is 6.18 Å². The van der Waals surface area contributed by atoms with Gasteiger partial charge in [-0.05, 0) is 24.6 Å². The second kappa shape index (κ2) is 10.7. The Labute approximate surface area is 208 Å². The molecule has 0 atom stereocenters. The number of β-amino-alcohol motifs (C(OH)–C–C–N with tert-alkyl or cyclic N) is 1. The Bertz CT molecular complexity index is 1100. The van der Waals surface area contributed by atoms with Crippen molar-refractivity contribution < 1.29 is 27.9 Å². The van der Waals surface area contributed by atoms with Gasteiger partial charge in [0.15, 0.2) is 0 Å². The van der Waals surface area contributed by atoms with Crippen molar-refractivity contribution in [3.05, 3.63) is 53.1 Å². The number of alkyl halides is 3. The predicted molar refractivity (Wildman–Crippen MR) is 131 cm³/mol. The first-order valence-electron chi connectivity index (χ1n) is 12.4. The molecule has 3 heterocycles. The molecule has 5 rings (SSSR count). The molecule has 0 saturated carbocycles. The summed E-state index contributed by atoms with van der Waals surface area (Å²) >= 11 is 0. The molecule has 1 fully saturated rings. The van der Waals surface area contributed by atoms with Crippen LogP contribution in [0.3, 0.4) is 0 Å². The number of aliphatic hydroxyl groups excluding tert-OH is 1. The van der Waals surface area contributed by atoms with Gasteiger partial charge in [-0.15, -0.1) is 0 Å². The summed E-state index contributed by atoms with van der Waals surface area (Å²) in [5.41, 5.74) is 3.15. The van der Waals surface area contributed by atoms with Crippen molar-refractivity contribution >= 4 is 17.1 Å². The number of anilines is 2. The minimum Gasteiger partial charge on any atom is -0.487 e. The van der Waals surface area contributed by atoms with Gasteiger partial charge in [0.2, 0.25) is 0 Å². The summed E-state index contributed by atoms with van der Waals surface area (Å²) in [4.78, 5) is 12.3. The first-order chi connectivity index (χ1) is 17.4. The molecule has 7 nitrogen and oxygen atoms in total. The molecule has 2 aromatic rings. The van der Waals surface area contributed by atoms with E-state index in [1.807, 2.05) is 23.1 Å². The van der Waals surface area contributed by atoms with Crippen molar-refractivity contribution in [1.82, 2.24) is 9.80 Å². The monoisotopic (exact) mass is 504 g/mol. The number of halogens is 3. The Balaban J connectivity index is 1.25. The molecule has 0 aliphatic carbocycles. The number of piperazine rings is 1. The zero-order valence-electron chi connectivity index (χ0n) is 20.1. The molecule has 0 radical (unpaired) electrons. The highest BCUT2D eigenvalue weighted by Gasteiger charge is 2.35. The molecule has 0 amide bonds. The second-order valence-corrected chi connectivity index (χ2v) is 9.32.